The van der Waals surface area contributed by atoms with E-state index < -0.39 is 5.51 Å². The molecule has 1 unspecified atom stereocenters. The van der Waals surface area contributed by atoms with Crippen molar-refractivity contribution in [1.29, 1.82) is 0 Å². The third-order valence-electron chi connectivity index (χ3n) is 1.38. The van der Waals surface area contributed by atoms with Crippen molar-refractivity contribution in [2.75, 3.05) is 25.1 Å². The number of nitrogens with one attached hydrogen (secondary N) is 1. The predicted octanol–water partition coefficient (Wildman–Crippen LogP) is 2.58. The highest BCUT2D eigenvalue weighted by Gasteiger charge is 2.27. The Morgan fingerprint density at radius 1 is 1.38 bits per heavy atom. The smallest absolute Gasteiger partial charge is 0.315 e. The first-order valence-corrected chi connectivity index (χ1v) is 6.17. The molecule has 0 saturated carbocycles. The number of alkyl halides is 3. The average molecular weight is 233 g/mol. The molecule has 0 radical (unpaired) electrons. The Labute approximate surface area is 85.2 Å². The Morgan fingerprint density at radius 2 is 2.00 bits per heavy atom. The monoisotopic (exact) mass is 233 g/mol. The molecule has 0 heterocycles. The van der Waals surface area contributed by atoms with Gasteiger partial charge in [0.1, 0.15) is 0 Å². The van der Waals surface area contributed by atoms with Crippen molar-refractivity contribution in [3.8, 4) is 0 Å². The summed E-state index contributed by atoms with van der Waals surface area (Å²) in [5.41, 5.74) is -4.09. The van der Waals surface area contributed by atoms with Gasteiger partial charge >= 0.3 is 5.51 Å². The Morgan fingerprint density at radius 3 is 2.46 bits per heavy atom. The molecule has 0 fully saturated rings. The van der Waals surface area contributed by atoms with E-state index in [1.54, 1.807) is 11.8 Å². The summed E-state index contributed by atoms with van der Waals surface area (Å²) in [5.74, 6) is 0.0879. The summed E-state index contributed by atoms with van der Waals surface area (Å²) in [6.07, 6.45) is 1.98. The maximum absolute atomic E-state index is 11.6. The van der Waals surface area contributed by atoms with Crippen molar-refractivity contribution >= 4 is 23.5 Å². The standard InChI is InChI=1S/C7H14F3NS2/c1-6(12-2)5-11-3-4-13-7(8,9)10/h6,11H,3-5H2,1-2H3. The molecule has 0 saturated heterocycles. The molecule has 1 nitrogen and oxygen atoms in total. The van der Waals surface area contributed by atoms with Crippen molar-refractivity contribution in [1.82, 2.24) is 5.32 Å². The van der Waals surface area contributed by atoms with Gasteiger partial charge in [0.25, 0.3) is 0 Å². The van der Waals surface area contributed by atoms with Gasteiger partial charge in [-0.25, -0.2) is 0 Å². The van der Waals surface area contributed by atoms with Gasteiger partial charge in [-0.1, -0.05) is 6.92 Å². The van der Waals surface area contributed by atoms with Gasteiger partial charge in [-0.2, -0.15) is 24.9 Å². The molecular weight excluding hydrogens is 219 g/mol. The maximum atomic E-state index is 11.6. The lowest BCUT2D eigenvalue weighted by atomic mass is 10.5. The first-order valence-electron chi connectivity index (χ1n) is 3.90. The zero-order chi connectivity index (χ0) is 10.3. The van der Waals surface area contributed by atoms with Crippen molar-refractivity contribution < 1.29 is 13.2 Å². The second-order valence-electron chi connectivity index (χ2n) is 2.54. The van der Waals surface area contributed by atoms with Crippen LogP contribution in [0.25, 0.3) is 0 Å². The normalized spacial score (nSPS) is 14.5. The van der Waals surface area contributed by atoms with Crippen molar-refractivity contribution in [2.45, 2.75) is 17.7 Å². The molecule has 6 heteroatoms. The second kappa shape index (κ2) is 6.84. The summed E-state index contributed by atoms with van der Waals surface area (Å²) in [6.45, 7) is 3.21. The van der Waals surface area contributed by atoms with Gasteiger partial charge in [0.05, 0.1) is 0 Å². The summed E-state index contributed by atoms with van der Waals surface area (Å²) in [5, 5.41) is 3.42. The van der Waals surface area contributed by atoms with Crippen LogP contribution in [0.2, 0.25) is 0 Å². The van der Waals surface area contributed by atoms with Crippen LogP contribution in [0.3, 0.4) is 0 Å². The van der Waals surface area contributed by atoms with Crippen LogP contribution < -0.4 is 5.32 Å². The fourth-order valence-corrected chi connectivity index (χ4v) is 1.39. The van der Waals surface area contributed by atoms with Crippen LogP contribution in [0.5, 0.6) is 0 Å². The Hall–Kier alpha value is 0.450. The quantitative estimate of drug-likeness (QED) is 0.708. The maximum Gasteiger partial charge on any atom is 0.441 e. The van der Waals surface area contributed by atoms with Gasteiger partial charge < -0.3 is 5.32 Å². The summed E-state index contributed by atoms with van der Waals surface area (Å²) in [7, 11) is 0. The predicted molar refractivity (Wildman–Crippen MR) is 54.4 cm³/mol. The first-order chi connectivity index (χ1) is 5.95. The van der Waals surface area contributed by atoms with E-state index in [4.69, 9.17) is 0 Å². The minimum absolute atomic E-state index is 0.0235. The van der Waals surface area contributed by atoms with E-state index in [1.165, 1.54) is 0 Å². The van der Waals surface area contributed by atoms with Crippen molar-refractivity contribution in [2.24, 2.45) is 0 Å². The van der Waals surface area contributed by atoms with Crippen molar-refractivity contribution in [3.05, 3.63) is 0 Å². The van der Waals surface area contributed by atoms with Crippen LogP contribution in [0.15, 0.2) is 0 Å². The largest absolute Gasteiger partial charge is 0.441 e. The lowest BCUT2D eigenvalue weighted by Gasteiger charge is -2.10. The Kier molecular flexibility index (Phi) is 7.07. The summed E-state index contributed by atoms with van der Waals surface area (Å²) in [6, 6.07) is 0. The van der Waals surface area contributed by atoms with E-state index in [0.717, 1.165) is 6.54 Å². The van der Waals surface area contributed by atoms with Crippen molar-refractivity contribution in [3.63, 3.8) is 0 Å². The summed E-state index contributed by atoms with van der Waals surface area (Å²) in [4.78, 5) is 0. The molecule has 0 aliphatic rings. The van der Waals surface area contributed by atoms with Crippen LogP contribution >= 0.6 is 23.5 Å². The molecule has 13 heavy (non-hydrogen) atoms. The van der Waals surface area contributed by atoms with E-state index in [-0.39, 0.29) is 17.5 Å². The number of thioether (sulfide) groups is 2. The molecule has 0 aliphatic heterocycles. The fraction of sp³-hybridized carbons (Fsp3) is 1.00. The van der Waals surface area contributed by atoms with E-state index in [2.05, 4.69) is 5.32 Å². The van der Waals surface area contributed by atoms with Crippen LogP contribution in [0.4, 0.5) is 13.2 Å². The molecule has 80 valence electrons. The van der Waals surface area contributed by atoms with Crippen LogP contribution in [-0.2, 0) is 0 Å². The molecule has 0 aromatic carbocycles. The molecule has 0 aliphatic carbocycles. The molecule has 0 bridgehead atoms. The van der Waals surface area contributed by atoms with Gasteiger partial charge in [0.15, 0.2) is 0 Å². The molecule has 0 rings (SSSR count). The van der Waals surface area contributed by atoms with Crippen LogP contribution in [-0.4, -0.2) is 35.9 Å². The first kappa shape index (κ1) is 13.4. The second-order valence-corrected chi connectivity index (χ2v) is 4.98. The van der Waals surface area contributed by atoms with E-state index >= 15 is 0 Å². The minimum Gasteiger partial charge on any atom is -0.315 e. The molecule has 0 aromatic rings. The van der Waals surface area contributed by atoms with Gasteiger partial charge in [0, 0.05) is 24.1 Å². The number of halogens is 3. The molecule has 1 atom stereocenters. The zero-order valence-electron chi connectivity index (χ0n) is 7.65. The molecular formula is C7H14F3NS2. The van der Waals surface area contributed by atoms with Gasteiger partial charge in [0.2, 0.25) is 0 Å². The molecule has 0 amide bonds. The van der Waals surface area contributed by atoms with Gasteiger partial charge in [-0.15, -0.1) is 0 Å². The van der Waals surface area contributed by atoms with Gasteiger partial charge in [-0.3, -0.25) is 0 Å². The number of rotatable bonds is 6. The molecule has 0 aromatic heterocycles. The van der Waals surface area contributed by atoms with Crippen LogP contribution in [0.1, 0.15) is 6.92 Å². The topological polar surface area (TPSA) is 12.0 Å². The van der Waals surface area contributed by atoms with Crippen LogP contribution in [0, 0.1) is 0 Å². The highest BCUT2D eigenvalue weighted by Crippen LogP contribution is 2.29. The van der Waals surface area contributed by atoms with E-state index in [0.29, 0.717) is 11.8 Å². The average Bonchev–Trinajstić information content (AvgIpc) is 2.01. The minimum atomic E-state index is -4.09. The van der Waals surface area contributed by atoms with Gasteiger partial charge in [-0.05, 0) is 18.0 Å². The lowest BCUT2D eigenvalue weighted by Crippen LogP contribution is -2.25. The summed E-state index contributed by atoms with van der Waals surface area (Å²) < 4.78 is 34.9. The fourth-order valence-electron chi connectivity index (χ4n) is 0.628. The highest BCUT2D eigenvalue weighted by atomic mass is 32.2. The lowest BCUT2D eigenvalue weighted by molar-refractivity contribution is -0.0327. The van der Waals surface area contributed by atoms with E-state index in [1.807, 2.05) is 13.2 Å². The third-order valence-corrected chi connectivity index (χ3v) is 3.09. The Balaban J connectivity index is 3.18. The summed E-state index contributed by atoms with van der Waals surface area (Å²) >= 11 is 1.72. The number of hydrogen-bond donors (Lipinski definition) is 1. The SMILES string of the molecule is CSC(C)CNCCSC(F)(F)F. The number of hydrogen-bond acceptors (Lipinski definition) is 3. The zero-order valence-corrected chi connectivity index (χ0v) is 9.28. The molecule has 1 N–H and O–H groups in total. The Bertz CT molecular complexity index is 129. The highest BCUT2D eigenvalue weighted by molar-refractivity contribution is 8.00. The third kappa shape index (κ3) is 10.4. The molecule has 0 spiro atoms. The van der Waals surface area contributed by atoms with E-state index in [9.17, 15) is 13.2 Å².